The van der Waals surface area contributed by atoms with Gasteiger partial charge >= 0.3 is 31.1 Å². The first kappa shape index (κ1) is 10.4. The Morgan fingerprint density at radius 2 is 2.29 bits per heavy atom. The van der Waals surface area contributed by atoms with Crippen molar-refractivity contribution in [1.82, 2.24) is 0 Å². The molecule has 0 aromatic heterocycles. The van der Waals surface area contributed by atoms with Crippen molar-refractivity contribution in [3.8, 4) is 0 Å². The Hall–Kier alpha value is 0.462. The zero-order valence-electron chi connectivity index (χ0n) is 4.03. The molecule has 0 amide bonds. The van der Waals surface area contributed by atoms with Gasteiger partial charge in [0.15, 0.2) is 0 Å². The molecular weight excluding hydrogens is 314 g/mol. The molecule has 0 fully saturated rings. The topological polar surface area (TPSA) is 17.1 Å². The van der Waals surface area contributed by atoms with Gasteiger partial charge in [-0.05, 0) is 6.29 Å². The van der Waals surface area contributed by atoms with Gasteiger partial charge in [-0.15, -0.1) is 0 Å². The van der Waals surface area contributed by atoms with Crippen LogP contribution in [0.2, 0.25) is 0 Å². The van der Waals surface area contributed by atoms with E-state index in [4.69, 9.17) is 0 Å². The van der Waals surface area contributed by atoms with Gasteiger partial charge in [-0.1, -0.05) is 0 Å². The van der Waals surface area contributed by atoms with Crippen molar-refractivity contribution in [2.45, 2.75) is 6.42 Å². The minimum absolute atomic E-state index is 0. The van der Waals surface area contributed by atoms with Crippen LogP contribution in [0.4, 0.5) is 0 Å². The van der Waals surface area contributed by atoms with Crippen LogP contribution < -0.4 is 0 Å². The molecule has 0 radical (unpaired) electrons. The first-order chi connectivity index (χ1) is 2.81. The summed E-state index contributed by atoms with van der Waals surface area (Å²) in [6.07, 6.45) is 2.07. The number of carbonyl (C=O) groups excluding carboxylic acids is 1. The molecule has 0 bridgehead atoms. The summed E-state index contributed by atoms with van der Waals surface area (Å²) in [5, 5.41) is 0. The predicted molar refractivity (Wildman–Crippen MR) is 24.8 cm³/mol. The Labute approximate surface area is 67.6 Å². The smallest absolute Gasteiger partial charge is 0.419 e. The van der Waals surface area contributed by atoms with Crippen LogP contribution in [0.15, 0.2) is 12.2 Å². The summed E-state index contributed by atoms with van der Waals surface area (Å²) in [6.45, 7) is 6.70. The van der Waals surface area contributed by atoms with Crippen LogP contribution in [0.1, 0.15) is 6.42 Å². The second kappa shape index (κ2) is 6.46. The maximum absolute atomic E-state index is 9.47. The standard InChI is InChI=1S/C5H6O.U/c1-3-5(2)4-6;/h1-3H2;/q-2;+2. The Kier molecular flexibility index (Phi) is 9.64. The second-order valence-electron chi connectivity index (χ2n) is 0.956. The largest absolute Gasteiger partial charge is 2.00 e. The van der Waals surface area contributed by atoms with Gasteiger partial charge in [0.05, 0.1) is 0 Å². The Morgan fingerprint density at radius 3 is 2.29 bits per heavy atom. The van der Waals surface area contributed by atoms with E-state index in [1.807, 2.05) is 0 Å². The zero-order valence-corrected chi connectivity index (χ0v) is 8.19. The minimum atomic E-state index is 0. The molecule has 0 aliphatic rings. The molecule has 0 atom stereocenters. The summed E-state index contributed by atoms with van der Waals surface area (Å²) in [7, 11) is 0. The van der Waals surface area contributed by atoms with E-state index in [-0.39, 0.29) is 31.1 Å². The van der Waals surface area contributed by atoms with Gasteiger partial charge in [0.2, 0.25) is 0 Å². The van der Waals surface area contributed by atoms with Gasteiger partial charge in [-0.3, -0.25) is 0 Å². The fraction of sp³-hybridized carbons (Fsp3) is 0.200. The summed E-state index contributed by atoms with van der Waals surface area (Å²) in [5.74, 6) is 0. The molecule has 0 aliphatic heterocycles. The molecule has 2 heteroatoms. The number of hydrogen-bond acceptors (Lipinski definition) is 1. The van der Waals surface area contributed by atoms with Crippen molar-refractivity contribution < 1.29 is 35.9 Å². The van der Waals surface area contributed by atoms with Crippen LogP contribution in [0.5, 0.6) is 0 Å². The van der Waals surface area contributed by atoms with Crippen LogP contribution in [0, 0.1) is 38.0 Å². The summed E-state index contributed by atoms with van der Waals surface area (Å²) in [4.78, 5) is 9.47. The molecule has 36 valence electrons. The Balaban J connectivity index is 0. The van der Waals surface area contributed by atoms with Gasteiger partial charge in [0, 0.05) is 0 Å². The van der Waals surface area contributed by atoms with E-state index in [9.17, 15) is 4.79 Å². The maximum atomic E-state index is 9.47. The SMILES string of the molecule is C=C([C-]=O)C[CH2-].[U+2]. The minimum Gasteiger partial charge on any atom is -0.419 e. The molecule has 0 saturated carbocycles. The summed E-state index contributed by atoms with van der Waals surface area (Å²) in [5.41, 5.74) is 0.426. The van der Waals surface area contributed by atoms with Crippen LogP contribution in [0.25, 0.3) is 0 Å². The normalized spacial score (nSPS) is 6.43. The Bertz CT molecular complexity index is 68.5. The average Bonchev–Trinajstić information content (AvgIpc) is 1.65. The molecule has 0 aromatic carbocycles. The van der Waals surface area contributed by atoms with Crippen molar-refractivity contribution in [1.29, 1.82) is 0 Å². The first-order valence-electron chi connectivity index (χ1n) is 1.66. The van der Waals surface area contributed by atoms with Gasteiger partial charge < -0.3 is 11.7 Å². The van der Waals surface area contributed by atoms with Gasteiger partial charge in [-0.25, -0.2) is 12.2 Å². The molecular formula is C5H6OU. The average molecular weight is 320 g/mol. The van der Waals surface area contributed by atoms with Gasteiger partial charge in [-0.2, -0.15) is 6.42 Å². The van der Waals surface area contributed by atoms with E-state index in [1.54, 1.807) is 6.29 Å². The summed E-state index contributed by atoms with van der Waals surface area (Å²) in [6, 6.07) is 0. The molecule has 0 aromatic rings. The number of allylic oxidation sites excluding steroid dienone is 1. The number of hydrogen-bond donors (Lipinski definition) is 0. The molecule has 0 saturated heterocycles. The van der Waals surface area contributed by atoms with Gasteiger partial charge in [0.1, 0.15) is 0 Å². The van der Waals surface area contributed by atoms with Crippen LogP contribution in [-0.4, -0.2) is 6.29 Å². The molecule has 0 N–H and O–H groups in total. The first-order valence-corrected chi connectivity index (χ1v) is 1.66. The van der Waals surface area contributed by atoms with Crippen molar-refractivity contribution in [3.05, 3.63) is 19.1 Å². The molecule has 1 nitrogen and oxygen atoms in total. The van der Waals surface area contributed by atoms with E-state index < -0.39 is 0 Å². The van der Waals surface area contributed by atoms with Crippen molar-refractivity contribution >= 4 is 6.29 Å². The molecule has 0 rings (SSSR count). The van der Waals surface area contributed by atoms with E-state index in [2.05, 4.69) is 13.5 Å². The summed E-state index contributed by atoms with van der Waals surface area (Å²) < 4.78 is 0. The van der Waals surface area contributed by atoms with Gasteiger partial charge in [0.25, 0.3) is 0 Å². The van der Waals surface area contributed by atoms with Crippen LogP contribution >= 0.6 is 0 Å². The third kappa shape index (κ3) is 6.46. The monoisotopic (exact) mass is 320 g/mol. The zero-order chi connectivity index (χ0) is 4.99. The molecule has 0 unspecified atom stereocenters. The van der Waals surface area contributed by atoms with Crippen molar-refractivity contribution in [2.24, 2.45) is 0 Å². The van der Waals surface area contributed by atoms with Crippen molar-refractivity contribution in [2.75, 3.05) is 0 Å². The second-order valence-corrected chi connectivity index (χ2v) is 0.956. The van der Waals surface area contributed by atoms with Crippen LogP contribution in [-0.2, 0) is 4.79 Å². The third-order valence-corrected chi connectivity index (χ3v) is 0.446. The molecule has 0 aliphatic carbocycles. The van der Waals surface area contributed by atoms with E-state index in [0.717, 1.165) is 0 Å². The maximum Gasteiger partial charge on any atom is 2.00 e. The Morgan fingerprint density at radius 1 is 1.86 bits per heavy atom. The fourth-order valence-corrected chi connectivity index (χ4v) is 0.0510. The quantitative estimate of drug-likeness (QED) is 0.545. The van der Waals surface area contributed by atoms with E-state index in [0.29, 0.717) is 12.0 Å². The molecule has 0 spiro atoms. The third-order valence-electron chi connectivity index (χ3n) is 0.446. The van der Waals surface area contributed by atoms with Crippen molar-refractivity contribution in [3.63, 3.8) is 0 Å². The van der Waals surface area contributed by atoms with E-state index in [1.165, 1.54) is 0 Å². The molecule has 7 heavy (non-hydrogen) atoms. The fourth-order valence-electron chi connectivity index (χ4n) is 0.0510. The molecule has 0 heterocycles. The summed E-state index contributed by atoms with van der Waals surface area (Å²) >= 11 is 0. The van der Waals surface area contributed by atoms with E-state index >= 15 is 0 Å². The van der Waals surface area contributed by atoms with Crippen LogP contribution in [0.3, 0.4) is 0 Å². The predicted octanol–water partition coefficient (Wildman–Crippen LogP) is 0.876. The number of rotatable bonds is 2.